The van der Waals surface area contributed by atoms with Crippen LogP contribution in [-0.4, -0.2) is 65.4 Å². The summed E-state index contributed by atoms with van der Waals surface area (Å²) in [5.41, 5.74) is 1.39. The van der Waals surface area contributed by atoms with E-state index in [1.165, 1.54) is 0 Å². The van der Waals surface area contributed by atoms with Gasteiger partial charge in [-0.15, -0.1) is 0 Å². The van der Waals surface area contributed by atoms with Crippen molar-refractivity contribution in [1.29, 1.82) is 0 Å². The lowest BCUT2D eigenvalue weighted by Crippen LogP contribution is -2.54. The normalized spacial score (nSPS) is 21.9. The standard InChI is InChI=1S/C21H24N4O6/c26-17-4-3-16(18(27)23-17)25-19(28)14-2-1-13(11-15(14)20(25)29)24-9-6-12(7-10-24)5-8-22-21(30)31/h1-2,11-12,16,22H,3-10H2,(H,30,31)(H,23,26,27). The maximum absolute atomic E-state index is 13.0. The van der Waals surface area contributed by atoms with Crippen molar-refractivity contribution in [2.45, 2.75) is 38.1 Å². The fourth-order valence-corrected chi connectivity index (χ4v) is 4.52. The molecule has 10 nitrogen and oxygen atoms in total. The SMILES string of the molecule is O=C(O)NCCC1CCN(c2ccc3c(c2)C(=O)N(C2CCC(=O)NC2=O)C3=O)CC1. The molecule has 0 aromatic heterocycles. The Kier molecular flexibility index (Phi) is 5.62. The summed E-state index contributed by atoms with van der Waals surface area (Å²) >= 11 is 0. The third-order valence-corrected chi connectivity index (χ3v) is 6.23. The van der Waals surface area contributed by atoms with Crippen LogP contribution >= 0.6 is 0 Å². The van der Waals surface area contributed by atoms with E-state index in [9.17, 15) is 24.0 Å². The number of nitrogens with one attached hydrogen (secondary N) is 2. The Hall–Kier alpha value is -3.43. The molecular formula is C21H24N4O6. The average Bonchev–Trinajstić information content (AvgIpc) is 2.98. The van der Waals surface area contributed by atoms with E-state index in [-0.39, 0.29) is 24.0 Å². The lowest BCUT2D eigenvalue weighted by molar-refractivity contribution is -0.136. The summed E-state index contributed by atoms with van der Waals surface area (Å²) in [4.78, 5) is 63.0. The number of carboxylic acid groups (broad SMARTS) is 1. The minimum atomic E-state index is -1.01. The van der Waals surface area contributed by atoms with Crippen LogP contribution in [0.4, 0.5) is 10.5 Å². The molecule has 0 saturated carbocycles. The van der Waals surface area contributed by atoms with Crippen molar-refractivity contribution < 1.29 is 29.1 Å². The molecule has 31 heavy (non-hydrogen) atoms. The van der Waals surface area contributed by atoms with E-state index in [2.05, 4.69) is 15.5 Å². The number of amides is 5. The van der Waals surface area contributed by atoms with Crippen LogP contribution in [0.5, 0.6) is 0 Å². The fourth-order valence-electron chi connectivity index (χ4n) is 4.52. The second kappa shape index (κ2) is 8.37. The van der Waals surface area contributed by atoms with Crippen molar-refractivity contribution in [3.05, 3.63) is 29.3 Å². The molecule has 1 aromatic rings. The number of hydrogen-bond acceptors (Lipinski definition) is 6. The van der Waals surface area contributed by atoms with Crippen molar-refractivity contribution in [2.24, 2.45) is 5.92 Å². The monoisotopic (exact) mass is 428 g/mol. The van der Waals surface area contributed by atoms with Gasteiger partial charge in [-0.25, -0.2) is 4.79 Å². The molecule has 3 N–H and O–H groups in total. The van der Waals surface area contributed by atoms with E-state index >= 15 is 0 Å². The van der Waals surface area contributed by atoms with E-state index in [4.69, 9.17) is 5.11 Å². The van der Waals surface area contributed by atoms with Crippen molar-refractivity contribution in [3.8, 4) is 0 Å². The summed E-state index contributed by atoms with van der Waals surface area (Å²) in [5.74, 6) is -1.60. The summed E-state index contributed by atoms with van der Waals surface area (Å²) in [6.45, 7) is 1.98. The first-order valence-electron chi connectivity index (χ1n) is 10.4. The molecule has 10 heteroatoms. The second-order valence-electron chi connectivity index (χ2n) is 8.13. The first kappa shape index (κ1) is 20.8. The molecular weight excluding hydrogens is 404 g/mol. The molecule has 3 aliphatic heterocycles. The van der Waals surface area contributed by atoms with Gasteiger partial charge in [0.1, 0.15) is 6.04 Å². The molecule has 3 heterocycles. The Balaban J connectivity index is 1.43. The van der Waals surface area contributed by atoms with Gasteiger partial charge in [0.2, 0.25) is 11.8 Å². The van der Waals surface area contributed by atoms with Gasteiger partial charge in [0.15, 0.2) is 0 Å². The maximum atomic E-state index is 13.0. The number of benzene rings is 1. The largest absolute Gasteiger partial charge is 0.465 e. The van der Waals surface area contributed by atoms with E-state index in [1.807, 2.05) is 6.07 Å². The predicted octanol–water partition coefficient (Wildman–Crippen LogP) is 0.962. The Morgan fingerprint density at radius 1 is 1.06 bits per heavy atom. The molecule has 4 rings (SSSR count). The first-order chi connectivity index (χ1) is 14.8. The van der Waals surface area contributed by atoms with Crippen LogP contribution in [0.1, 0.15) is 52.8 Å². The van der Waals surface area contributed by atoms with Gasteiger partial charge in [-0.1, -0.05) is 0 Å². The van der Waals surface area contributed by atoms with Crippen LogP contribution in [0.25, 0.3) is 0 Å². The number of piperidine rings is 2. The van der Waals surface area contributed by atoms with Gasteiger partial charge >= 0.3 is 6.09 Å². The van der Waals surface area contributed by atoms with E-state index in [0.29, 0.717) is 12.5 Å². The lowest BCUT2D eigenvalue weighted by atomic mass is 9.93. The zero-order valence-electron chi connectivity index (χ0n) is 16.9. The van der Waals surface area contributed by atoms with Gasteiger partial charge in [0.05, 0.1) is 11.1 Å². The number of hydrogen-bond donors (Lipinski definition) is 3. The number of carbonyl (C=O) groups is 5. The lowest BCUT2D eigenvalue weighted by Gasteiger charge is -2.33. The van der Waals surface area contributed by atoms with E-state index < -0.39 is 35.8 Å². The molecule has 2 fully saturated rings. The summed E-state index contributed by atoms with van der Waals surface area (Å²) in [6.07, 6.45) is 1.82. The highest BCUT2D eigenvalue weighted by Gasteiger charge is 2.44. The molecule has 3 aliphatic rings. The smallest absolute Gasteiger partial charge is 0.404 e. The molecule has 1 atom stereocenters. The fraction of sp³-hybridized carbons (Fsp3) is 0.476. The van der Waals surface area contributed by atoms with Crippen LogP contribution in [0.15, 0.2) is 18.2 Å². The predicted molar refractivity (Wildman–Crippen MR) is 109 cm³/mol. The number of carbonyl (C=O) groups excluding carboxylic acids is 4. The Morgan fingerprint density at radius 2 is 1.77 bits per heavy atom. The van der Waals surface area contributed by atoms with Crippen LogP contribution in [-0.2, 0) is 9.59 Å². The number of rotatable bonds is 5. The van der Waals surface area contributed by atoms with E-state index in [1.54, 1.807) is 12.1 Å². The highest BCUT2D eigenvalue weighted by Crippen LogP contribution is 2.32. The minimum absolute atomic E-state index is 0.0893. The van der Waals surface area contributed by atoms with Crippen molar-refractivity contribution in [2.75, 3.05) is 24.5 Å². The molecule has 0 spiro atoms. The second-order valence-corrected chi connectivity index (χ2v) is 8.13. The van der Waals surface area contributed by atoms with Gasteiger partial charge in [0.25, 0.3) is 11.8 Å². The molecule has 1 unspecified atom stereocenters. The summed E-state index contributed by atoms with van der Waals surface area (Å²) in [7, 11) is 0. The van der Waals surface area contributed by atoms with Gasteiger partial charge < -0.3 is 15.3 Å². The van der Waals surface area contributed by atoms with Crippen LogP contribution in [0.3, 0.4) is 0 Å². The topological polar surface area (TPSA) is 136 Å². The van der Waals surface area contributed by atoms with Crippen LogP contribution < -0.4 is 15.5 Å². The molecule has 0 aliphatic carbocycles. The van der Waals surface area contributed by atoms with Gasteiger partial charge in [-0.3, -0.25) is 29.4 Å². The van der Waals surface area contributed by atoms with E-state index in [0.717, 1.165) is 42.9 Å². The molecule has 2 saturated heterocycles. The number of fused-ring (bicyclic) bond motifs is 1. The highest BCUT2D eigenvalue weighted by molar-refractivity contribution is 6.23. The summed E-state index contributed by atoms with van der Waals surface area (Å²) in [6, 6.07) is 4.17. The third-order valence-electron chi connectivity index (χ3n) is 6.23. The van der Waals surface area contributed by atoms with Crippen molar-refractivity contribution in [1.82, 2.24) is 15.5 Å². The van der Waals surface area contributed by atoms with Gasteiger partial charge in [0, 0.05) is 31.7 Å². The average molecular weight is 428 g/mol. The molecule has 5 amide bonds. The van der Waals surface area contributed by atoms with Gasteiger partial charge in [-0.05, 0) is 49.8 Å². The first-order valence-corrected chi connectivity index (χ1v) is 10.4. The summed E-state index contributed by atoms with van der Waals surface area (Å²) < 4.78 is 0. The summed E-state index contributed by atoms with van der Waals surface area (Å²) in [5, 5.41) is 13.3. The quantitative estimate of drug-likeness (QED) is 0.594. The Morgan fingerprint density at radius 3 is 2.45 bits per heavy atom. The van der Waals surface area contributed by atoms with Gasteiger partial charge in [-0.2, -0.15) is 0 Å². The van der Waals surface area contributed by atoms with Crippen LogP contribution in [0, 0.1) is 5.92 Å². The Bertz CT molecular complexity index is 953. The number of nitrogens with zero attached hydrogens (tertiary/aromatic N) is 2. The minimum Gasteiger partial charge on any atom is -0.465 e. The molecule has 0 bridgehead atoms. The molecule has 164 valence electrons. The number of imide groups is 2. The molecule has 1 aromatic carbocycles. The third kappa shape index (κ3) is 4.10. The number of anilines is 1. The van der Waals surface area contributed by atoms with Crippen molar-refractivity contribution in [3.63, 3.8) is 0 Å². The zero-order chi connectivity index (χ0) is 22.1. The Labute approximate surface area is 178 Å². The van der Waals surface area contributed by atoms with Crippen molar-refractivity contribution >= 4 is 35.4 Å². The maximum Gasteiger partial charge on any atom is 0.404 e. The van der Waals surface area contributed by atoms with Crippen LogP contribution in [0.2, 0.25) is 0 Å². The highest BCUT2D eigenvalue weighted by atomic mass is 16.4. The zero-order valence-corrected chi connectivity index (χ0v) is 16.9. The molecule has 0 radical (unpaired) electrons.